The molecule has 16 heavy (non-hydrogen) atoms. The Labute approximate surface area is 93.9 Å². The van der Waals surface area contributed by atoms with Crippen LogP contribution in [-0.2, 0) is 0 Å². The number of anilines is 1. The topological polar surface area (TPSA) is 35.8 Å². The molecule has 1 aromatic rings. The van der Waals surface area contributed by atoms with Crippen molar-refractivity contribution in [3.8, 4) is 6.07 Å². The molecule has 2 nitrogen and oxygen atoms in total. The van der Waals surface area contributed by atoms with Crippen LogP contribution in [0.25, 0.3) is 0 Å². The second-order valence-corrected chi connectivity index (χ2v) is 4.30. The van der Waals surface area contributed by atoms with E-state index in [0.29, 0.717) is 18.7 Å². The molecule has 0 aliphatic carbocycles. The number of hydrogen-bond donors (Lipinski definition) is 1. The van der Waals surface area contributed by atoms with Crippen molar-refractivity contribution >= 4 is 5.69 Å². The van der Waals surface area contributed by atoms with Crippen LogP contribution in [0, 0.1) is 28.4 Å². The zero-order chi connectivity index (χ0) is 12.2. The molecule has 0 saturated carbocycles. The van der Waals surface area contributed by atoms with Gasteiger partial charge in [0.1, 0.15) is 0 Å². The highest BCUT2D eigenvalue weighted by Crippen LogP contribution is 2.19. The number of hydrogen-bond acceptors (Lipinski definition) is 2. The van der Waals surface area contributed by atoms with Gasteiger partial charge in [-0.3, -0.25) is 0 Å². The Morgan fingerprint density at radius 2 is 2.00 bits per heavy atom. The highest BCUT2D eigenvalue weighted by Gasteiger charge is 2.15. The summed E-state index contributed by atoms with van der Waals surface area (Å²) in [6, 6.07) is 5.83. The lowest BCUT2D eigenvalue weighted by atomic mass is 9.91. The number of rotatable bonds is 4. The Hall–Kier alpha value is -1.63. The van der Waals surface area contributed by atoms with Gasteiger partial charge >= 0.3 is 0 Å². The minimum absolute atomic E-state index is 0.411. The Morgan fingerprint density at radius 1 is 1.31 bits per heavy atom. The van der Waals surface area contributed by atoms with Gasteiger partial charge in [0.05, 0.1) is 11.5 Å². The molecule has 0 heterocycles. The fraction of sp³-hybridized carbons (Fsp3) is 0.417. The molecule has 0 radical (unpaired) electrons. The van der Waals surface area contributed by atoms with Crippen LogP contribution in [0.15, 0.2) is 18.2 Å². The van der Waals surface area contributed by atoms with E-state index >= 15 is 0 Å². The maximum atomic E-state index is 12.8. The number of nitrogens with zero attached hydrogens (tertiary/aromatic N) is 1. The standard InChI is InChI=1S/C12H14F2N2/c1-12(2,8-15)5-6-16-9-3-4-10(13)11(14)7-9/h3-4,7,16H,5-6H2,1-2H3. The molecule has 0 amide bonds. The van der Waals surface area contributed by atoms with Crippen LogP contribution in [-0.4, -0.2) is 6.54 Å². The number of nitrogens with one attached hydrogen (secondary N) is 1. The highest BCUT2D eigenvalue weighted by molar-refractivity contribution is 5.43. The molecule has 1 rings (SSSR count). The molecule has 0 fully saturated rings. The number of nitriles is 1. The normalized spacial score (nSPS) is 10.9. The van der Waals surface area contributed by atoms with Crippen LogP contribution < -0.4 is 5.32 Å². The van der Waals surface area contributed by atoms with Crippen molar-refractivity contribution in [2.75, 3.05) is 11.9 Å². The van der Waals surface area contributed by atoms with Crippen molar-refractivity contribution in [1.82, 2.24) is 0 Å². The molecule has 0 aliphatic rings. The maximum Gasteiger partial charge on any atom is 0.160 e. The Bertz CT molecular complexity index is 408. The van der Waals surface area contributed by atoms with Gasteiger partial charge in [-0.1, -0.05) is 0 Å². The smallest absolute Gasteiger partial charge is 0.160 e. The largest absolute Gasteiger partial charge is 0.385 e. The first-order chi connectivity index (χ1) is 7.44. The van der Waals surface area contributed by atoms with Crippen LogP contribution in [0.2, 0.25) is 0 Å². The van der Waals surface area contributed by atoms with Gasteiger partial charge in [0.15, 0.2) is 11.6 Å². The molecular weight excluding hydrogens is 210 g/mol. The SMILES string of the molecule is CC(C)(C#N)CCNc1ccc(F)c(F)c1. The van der Waals surface area contributed by atoms with Gasteiger partial charge in [-0.15, -0.1) is 0 Å². The minimum atomic E-state index is -0.871. The summed E-state index contributed by atoms with van der Waals surface area (Å²) in [7, 11) is 0. The van der Waals surface area contributed by atoms with Crippen LogP contribution >= 0.6 is 0 Å². The minimum Gasteiger partial charge on any atom is -0.385 e. The summed E-state index contributed by atoms with van der Waals surface area (Å²) >= 11 is 0. The summed E-state index contributed by atoms with van der Waals surface area (Å²) in [6.07, 6.45) is 0.641. The van der Waals surface area contributed by atoms with Crippen LogP contribution in [0.1, 0.15) is 20.3 Å². The summed E-state index contributed by atoms with van der Waals surface area (Å²) < 4.78 is 25.5. The van der Waals surface area contributed by atoms with Crippen molar-refractivity contribution in [1.29, 1.82) is 5.26 Å². The van der Waals surface area contributed by atoms with Gasteiger partial charge < -0.3 is 5.32 Å². The van der Waals surface area contributed by atoms with Gasteiger partial charge in [-0.25, -0.2) is 8.78 Å². The fourth-order valence-corrected chi connectivity index (χ4v) is 1.18. The third-order valence-electron chi connectivity index (χ3n) is 2.30. The molecule has 0 aliphatic heterocycles. The quantitative estimate of drug-likeness (QED) is 0.851. The van der Waals surface area contributed by atoms with Gasteiger partial charge in [-0.2, -0.15) is 5.26 Å². The highest BCUT2D eigenvalue weighted by atomic mass is 19.2. The molecule has 86 valence electrons. The molecule has 4 heteroatoms. The summed E-state index contributed by atoms with van der Waals surface area (Å²) in [4.78, 5) is 0. The van der Waals surface area contributed by atoms with Gasteiger partial charge in [0.2, 0.25) is 0 Å². The molecule has 0 atom stereocenters. The second kappa shape index (κ2) is 4.93. The third-order valence-corrected chi connectivity index (χ3v) is 2.30. The van der Waals surface area contributed by atoms with E-state index in [-0.39, 0.29) is 0 Å². The third kappa shape index (κ3) is 3.50. The molecule has 0 spiro atoms. The number of halogens is 2. The first-order valence-corrected chi connectivity index (χ1v) is 5.05. The number of benzene rings is 1. The van der Waals surface area contributed by atoms with E-state index in [1.807, 2.05) is 13.8 Å². The lowest BCUT2D eigenvalue weighted by Crippen LogP contribution is -2.14. The summed E-state index contributed by atoms with van der Waals surface area (Å²) in [6.45, 7) is 4.21. The van der Waals surface area contributed by atoms with Crippen LogP contribution in [0.3, 0.4) is 0 Å². The van der Waals surface area contributed by atoms with Gasteiger partial charge in [0.25, 0.3) is 0 Å². The predicted molar refractivity (Wildman–Crippen MR) is 58.9 cm³/mol. The Balaban J connectivity index is 2.50. The summed E-state index contributed by atoms with van der Waals surface area (Å²) in [5, 5.41) is 11.7. The Kier molecular flexibility index (Phi) is 3.83. The molecule has 0 bridgehead atoms. The molecule has 1 aromatic carbocycles. The van der Waals surface area contributed by atoms with E-state index in [0.717, 1.165) is 12.1 Å². The van der Waals surface area contributed by atoms with Crippen LogP contribution in [0.4, 0.5) is 14.5 Å². The molecule has 0 saturated heterocycles. The second-order valence-electron chi connectivity index (χ2n) is 4.30. The molecule has 0 unspecified atom stereocenters. The van der Waals surface area contributed by atoms with Crippen molar-refractivity contribution in [2.24, 2.45) is 5.41 Å². The van der Waals surface area contributed by atoms with Crippen molar-refractivity contribution in [3.05, 3.63) is 29.8 Å². The average Bonchev–Trinajstić information content (AvgIpc) is 2.23. The van der Waals surface area contributed by atoms with Gasteiger partial charge in [-0.05, 0) is 38.5 Å². The first kappa shape index (κ1) is 12.4. The predicted octanol–water partition coefficient (Wildman–Crippen LogP) is 3.32. The fourth-order valence-electron chi connectivity index (χ4n) is 1.18. The van der Waals surface area contributed by atoms with Crippen molar-refractivity contribution < 1.29 is 8.78 Å². The lowest BCUT2D eigenvalue weighted by Gasteiger charge is -2.15. The molecular formula is C12H14F2N2. The van der Waals surface area contributed by atoms with Crippen molar-refractivity contribution in [2.45, 2.75) is 20.3 Å². The lowest BCUT2D eigenvalue weighted by molar-refractivity contribution is 0.466. The maximum absolute atomic E-state index is 12.8. The van der Waals surface area contributed by atoms with E-state index < -0.39 is 17.0 Å². The summed E-state index contributed by atoms with van der Waals surface area (Å²) in [5.74, 6) is -1.73. The first-order valence-electron chi connectivity index (χ1n) is 5.05. The Morgan fingerprint density at radius 3 is 2.56 bits per heavy atom. The molecule has 1 N–H and O–H groups in total. The summed E-state index contributed by atoms with van der Waals surface area (Å²) in [5.41, 5.74) is 0.110. The van der Waals surface area contributed by atoms with Crippen LogP contribution in [0.5, 0.6) is 0 Å². The monoisotopic (exact) mass is 224 g/mol. The van der Waals surface area contributed by atoms with E-state index in [4.69, 9.17) is 5.26 Å². The van der Waals surface area contributed by atoms with E-state index in [1.54, 1.807) is 0 Å². The molecule has 0 aromatic heterocycles. The van der Waals surface area contributed by atoms with Crippen molar-refractivity contribution in [3.63, 3.8) is 0 Å². The average molecular weight is 224 g/mol. The van der Waals surface area contributed by atoms with E-state index in [1.165, 1.54) is 6.07 Å². The zero-order valence-corrected chi connectivity index (χ0v) is 9.35. The van der Waals surface area contributed by atoms with E-state index in [2.05, 4.69) is 11.4 Å². The zero-order valence-electron chi connectivity index (χ0n) is 9.35. The van der Waals surface area contributed by atoms with E-state index in [9.17, 15) is 8.78 Å². The van der Waals surface area contributed by atoms with Gasteiger partial charge in [0, 0.05) is 12.2 Å².